The first kappa shape index (κ1) is 11.9. The van der Waals surface area contributed by atoms with Gasteiger partial charge in [0.15, 0.2) is 0 Å². The van der Waals surface area contributed by atoms with Crippen LogP contribution in [0.3, 0.4) is 0 Å². The van der Waals surface area contributed by atoms with Crippen LogP contribution >= 0.6 is 0 Å². The number of hydrogen-bond donors (Lipinski definition) is 1. The predicted octanol–water partition coefficient (Wildman–Crippen LogP) is 2.59. The summed E-state index contributed by atoms with van der Waals surface area (Å²) in [6.07, 6.45) is 0. The zero-order valence-electron chi connectivity index (χ0n) is 9.83. The topological polar surface area (TPSA) is 44.5 Å². The van der Waals surface area contributed by atoms with Crippen LogP contribution in [0.2, 0.25) is 0 Å². The molecule has 0 aliphatic rings. The van der Waals surface area contributed by atoms with Crippen LogP contribution in [-0.2, 0) is 11.3 Å². The van der Waals surface area contributed by atoms with Gasteiger partial charge in [-0.05, 0) is 32.9 Å². The van der Waals surface area contributed by atoms with Crippen molar-refractivity contribution in [2.45, 2.75) is 33.0 Å². The van der Waals surface area contributed by atoms with Crippen molar-refractivity contribution >= 4 is 5.69 Å². The van der Waals surface area contributed by atoms with Gasteiger partial charge in [-0.25, -0.2) is 0 Å². The molecule has 0 amide bonds. The first-order chi connectivity index (χ1) is 6.94. The van der Waals surface area contributed by atoms with E-state index in [2.05, 4.69) is 0 Å². The Morgan fingerprint density at radius 1 is 1.27 bits per heavy atom. The van der Waals surface area contributed by atoms with E-state index in [1.54, 1.807) is 7.11 Å². The van der Waals surface area contributed by atoms with E-state index in [-0.39, 0.29) is 5.60 Å². The van der Waals surface area contributed by atoms with E-state index in [4.69, 9.17) is 15.2 Å². The molecule has 0 fully saturated rings. The molecule has 0 heterocycles. The van der Waals surface area contributed by atoms with Crippen LogP contribution in [-0.4, -0.2) is 12.7 Å². The molecule has 0 aromatic heterocycles. The molecule has 0 saturated carbocycles. The molecule has 0 spiro atoms. The van der Waals surface area contributed by atoms with Crippen molar-refractivity contribution in [3.8, 4) is 5.75 Å². The van der Waals surface area contributed by atoms with E-state index in [9.17, 15) is 0 Å². The lowest BCUT2D eigenvalue weighted by Crippen LogP contribution is -2.19. The summed E-state index contributed by atoms with van der Waals surface area (Å²) in [4.78, 5) is 0. The van der Waals surface area contributed by atoms with Crippen molar-refractivity contribution < 1.29 is 9.47 Å². The standard InChI is InChI=1S/C12H19NO2/c1-12(2,3)15-8-9-10(13)6-5-7-11(9)14-4/h5-7H,8,13H2,1-4H3. The fourth-order valence-electron chi connectivity index (χ4n) is 1.22. The first-order valence-corrected chi connectivity index (χ1v) is 4.99. The van der Waals surface area contributed by atoms with Crippen LogP contribution in [0.15, 0.2) is 18.2 Å². The minimum absolute atomic E-state index is 0.173. The van der Waals surface area contributed by atoms with Crippen LogP contribution in [0.25, 0.3) is 0 Å². The molecule has 0 unspecified atom stereocenters. The van der Waals surface area contributed by atoms with E-state index in [0.29, 0.717) is 12.3 Å². The van der Waals surface area contributed by atoms with Gasteiger partial charge in [-0.3, -0.25) is 0 Å². The van der Waals surface area contributed by atoms with Gasteiger partial charge in [-0.2, -0.15) is 0 Å². The second-order valence-electron chi connectivity index (χ2n) is 4.43. The third-order valence-electron chi connectivity index (χ3n) is 2.04. The molecule has 15 heavy (non-hydrogen) atoms. The molecule has 3 heteroatoms. The Labute approximate surface area is 91.2 Å². The average molecular weight is 209 g/mol. The molecule has 2 N–H and O–H groups in total. The fraction of sp³-hybridized carbons (Fsp3) is 0.500. The molecule has 1 aromatic carbocycles. The van der Waals surface area contributed by atoms with Crippen molar-refractivity contribution in [3.63, 3.8) is 0 Å². The highest BCUT2D eigenvalue weighted by Gasteiger charge is 2.13. The highest BCUT2D eigenvalue weighted by Crippen LogP contribution is 2.26. The summed E-state index contributed by atoms with van der Waals surface area (Å²) in [6.45, 7) is 6.51. The maximum Gasteiger partial charge on any atom is 0.126 e. The van der Waals surface area contributed by atoms with Crippen molar-refractivity contribution in [1.82, 2.24) is 0 Å². The SMILES string of the molecule is COc1cccc(N)c1COC(C)(C)C. The lowest BCUT2D eigenvalue weighted by atomic mass is 10.1. The number of rotatable bonds is 3. The maximum atomic E-state index is 5.87. The van der Waals surface area contributed by atoms with Crippen molar-refractivity contribution in [1.29, 1.82) is 0 Å². The van der Waals surface area contributed by atoms with Crippen molar-refractivity contribution in [2.75, 3.05) is 12.8 Å². The number of hydrogen-bond acceptors (Lipinski definition) is 3. The minimum Gasteiger partial charge on any atom is -0.496 e. The number of ether oxygens (including phenoxy) is 2. The van der Waals surface area contributed by atoms with Crippen LogP contribution in [0.4, 0.5) is 5.69 Å². The van der Waals surface area contributed by atoms with Gasteiger partial charge in [0.1, 0.15) is 5.75 Å². The number of anilines is 1. The number of nitrogens with two attached hydrogens (primary N) is 1. The van der Waals surface area contributed by atoms with Crippen LogP contribution < -0.4 is 10.5 Å². The number of methoxy groups -OCH3 is 1. The summed E-state index contributed by atoms with van der Waals surface area (Å²) in [7, 11) is 1.63. The summed E-state index contributed by atoms with van der Waals surface area (Å²) in [5, 5.41) is 0. The van der Waals surface area contributed by atoms with Crippen molar-refractivity contribution in [2.24, 2.45) is 0 Å². The Hall–Kier alpha value is -1.22. The lowest BCUT2D eigenvalue weighted by Gasteiger charge is -2.21. The van der Waals surface area contributed by atoms with Crippen LogP contribution in [0.1, 0.15) is 26.3 Å². The van der Waals surface area contributed by atoms with Gasteiger partial charge < -0.3 is 15.2 Å². The van der Waals surface area contributed by atoms with Gasteiger partial charge in [0, 0.05) is 11.3 Å². The summed E-state index contributed by atoms with van der Waals surface area (Å²) in [5.74, 6) is 0.777. The third-order valence-corrected chi connectivity index (χ3v) is 2.04. The molecule has 0 aliphatic carbocycles. The molecule has 84 valence electrons. The molecule has 1 rings (SSSR count). The predicted molar refractivity (Wildman–Crippen MR) is 61.9 cm³/mol. The third kappa shape index (κ3) is 3.44. The van der Waals surface area contributed by atoms with E-state index in [1.807, 2.05) is 39.0 Å². The zero-order valence-corrected chi connectivity index (χ0v) is 9.83. The van der Waals surface area contributed by atoms with E-state index >= 15 is 0 Å². The fourth-order valence-corrected chi connectivity index (χ4v) is 1.22. The zero-order chi connectivity index (χ0) is 11.5. The maximum absolute atomic E-state index is 5.87. The second kappa shape index (κ2) is 4.53. The molecule has 0 saturated heterocycles. The van der Waals surface area contributed by atoms with Gasteiger partial charge in [-0.1, -0.05) is 6.07 Å². The Balaban J connectivity index is 2.83. The van der Waals surface area contributed by atoms with Gasteiger partial charge in [0.25, 0.3) is 0 Å². The summed E-state index contributed by atoms with van der Waals surface area (Å²) in [6, 6.07) is 5.61. The summed E-state index contributed by atoms with van der Waals surface area (Å²) >= 11 is 0. The van der Waals surface area contributed by atoms with Gasteiger partial charge in [0.05, 0.1) is 19.3 Å². The lowest BCUT2D eigenvalue weighted by molar-refractivity contribution is -0.0153. The molecule has 0 radical (unpaired) electrons. The van der Waals surface area contributed by atoms with E-state index < -0.39 is 0 Å². The molecule has 0 atom stereocenters. The molecule has 1 aromatic rings. The second-order valence-corrected chi connectivity index (χ2v) is 4.43. The highest BCUT2D eigenvalue weighted by molar-refractivity contribution is 5.53. The Kier molecular flexibility index (Phi) is 3.58. The smallest absolute Gasteiger partial charge is 0.126 e. The van der Waals surface area contributed by atoms with Crippen LogP contribution in [0.5, 0.6) is 5.75 Å². The van der Waals surface area contributed by atoms with Crippen LogP contribution in [0, 0.1) is 0 Å². The monoisotopic (exact) mass is 209 g/mol. The molecular formula is C12H19NO2. The highest BCUT2D eigenvalue weighted by atomic mass is 16.5. The molecule has 3 nitrogen and oxygen atoms in total. The largest absolute Gasteiger partial charge is 0.496 e. The van der Waals surface area contributed by atoms with Gasteiger partial charge >= 0.3 is 0 Å². The van der Waals surface area contributed by atoms with Gasteiger partial charge in [-0.15, -0.1) is 0 Å². The average Bonchev–Trinajstić information content (AvgIpc) is 2.14. The Morgan fingerprint density at radius 2 is 1.93 bits per heavy atom. The Bertz CT molecular complexity index is 329. The first-order valence-electron chi connectivity index (χ1n) is 4.99. The quantitative estimate of drug-likeness (QED) is 0.778. The summed E-state index contributed by atoms with van der Waals surface area (Å²) < 4.78 is 10.9. The molecular weight excluding hydrogens is 190 g/mol. The van der Waals surface area contributed by atoms with E-state index in [1.165, 1.54) is 0 Å². The number of nitrogen functional groups attached to an aromatic ring is 1. The summed E-state index contributed by atoms with van der Waals surface area (Å²) in [5.41, 5.74) is 7.31. The minimum atomic E-state index is -0.173. The normalized spacial score (nSPS) is 11.5. The van der Waals surface area contributed by atoms with E-state index in [0.717, 1.165) is 11.3 Å². The molecule has 0 bridgehead atoms. The number of benzene rings is 1. The van der Waals surface area contributed by atoms with Crippen molar-refractivity contribution in [3.05, 3.63) is 23.8 Å². The van der Waals surface area contributed by atoms with Gasteiger partial charge in [0.2, 0.25) is 0 Å². The molecule has 0 aliphatic heterocycles. The Morgan fingerprint density at radius 3 is 2.47 bits per heavy atom.